The second-order valence-corrected chi connectivity index (χ2v) is 3.47. The molecule has 2 rings (SSSR count). The fourth-order valence-electron chi connectivity index (χ4n) is 1.89. The van der Waals surface area contributed by atoms with E-state index in [4.69, 9.17) is 14.2 Å². The summed E-state index contributed by atoms with van der Waals surface area (Å²) in [5.74, 6) is -0.250. The molecule has 2 aliphatic rings. The molecule has 4 nitrogen and oxygen atoms in total. The van der Waals surface area contributed by atoms with Crippen LogP contribution in [0.15, 0.2) is 0 Å². The molecule has 2 aliphatic heterocycles. The first-order valence-corrected chi connectivity index (χ1v) is 4.67. The summed E-state index contributed by atoms with van der Waals surface area (Å²) in [6, 6.07) is 0. The largest absolute Gasteiger partial charge is 0.464 e. The minimum absolute atomic E-state index is 0.0157. The van der Waals surface area contributed by atoms with Crippen LogP contribution in [0.25, 0.3) is 0 Å². The first kappa shape index (κ1) is 8.97. The lowest BCUT2D eigenvalue weighted by Crippen LogP contribution is -2.28. The van der Waals surface area contributed by atoms with Gasteiger partial charge in [0, 0.05) is 6.42 Å². The van der Waals surface area contributed by atoms with Gasteiger partial charge in [-0.1, -0.05) is 0 Å². The molecule has 1 spiro atoms. The van der Waals surface area contributed by atoms with Crippen molar-refractivity contribution in [1.29, 1.82) is 0 Å². The van der Waals surface area contributed by atoms with Crippen molar-refractivity contribution < 1.29 is 19.0 Å². The maximum atomic E-state index is 11.3. The van der Waals surface area contributed by atoms with Crippen molar-refractivity contribution >= 4 is 5.97 Å². The Morgan fingerprint density at radius 3 is 3.00 bits per heavy atom. The SMILES string of the molecule is CCOC(=O)C1OC12CCOC2C. The maximum absolute atomic E-state index is 11.3. The van der Waals surface area contributed by atoms with Gasteiger partial charge in [-0.3, -0.25) is 0 Å². The molecule has 0 aromatic rings. The van der Waals surface area contributed by atoms with Gasteiger partial charge >= 0.3 is 5.97 Å². The lowest BCUT2D eigenvalue weighted by Gasteiger charge is -2.07. The van der Waals surface area contributed by atoms with Crippen LogP contribution in [-0.4, -0.2) is 37.0 Å². The summed E-state index contributed by atoms with van der Waals surface area (Å²) >= 11 is 0. The fraction of sp³-hybridized carbons (Fsp3) is 0.889. The summed E-state index contributed by atoms with van der Waals surface area (Å²) in [7, 11) is 0. The van der Waals surface area contributed by atoms with Gasteiger partial charge < -0.3 is 14.2 Å². The van der Waals surface area contributed by atoms with Crippen LogP contribution in [0.4, 0.5) is 0 Å². The van der Waals surface area contributed by atoms with Crippen LogP contribution in [0, 0.1) is 0 Å². The number of esters is 1. The molecule has 0 aromatic heterocycles. The summed E-state index contributed by atoms with van der Waals surface area (Å²) in [5.41, 5.74) is -0.355. The van der Waals surface area contributed by atoms with E-state index in [9.17, 15) is 4.79 Å². The molecule has 0 bridgehead atoms. The number of carbonyl (C=O) groups excluding carboxylic acids is 1. The molecule has 0 aliphatic carbocycles. The van der Waals surface area contributed by atoms with E-state index in [1.165, 1.54) is 0 Å². The van der Waals surface area contributed by atoms with Crippen LogP contribution < -0.4 is 0 Å². The Balaban J connectivity index is 1.96. The molecular weight excluding hydrogens is 172 g/mol. The van der Waals surface area contributed by atoms with Crippen LogP contribution >= 0.6 is 0 Å². The van der Waals surface area contributed by atoms with Gasteiger partial charge in [0.2, 0.25) is 0 Å². The van der Waals surface area contributed by atoms with E-state index in [1.54, 1.807) is 6.92 Å². The van der Waals surface area contributed by atoms with E-state index in [1.807, 2.05) is 6.92 Å². The molecule has 13 heavy (non-hydrogen) atoms. The standard InChI is InChI=1S/C9H14O4/c1-3-11-8(10)7-9(13-7)4-5-12-6(9)2/h6-7H,3-5H2,1-2H3. The molecular formula is C9H14O4. The van der Waals surface area contributed by atoms with Crippen molar-refractivity contribution in [2.45, 2.75) is 38.1 Å². The Kier molecular flexibility index (Phi) is 2.04. The molecule has 4 heteroatoms. The monoisotopic (exact) mass is 186 g/mol. The Labute approximate surface area is 77.1 Å². The van der Waals surface area contributed by atoms with Crippen molar-refractivity contribution in [3.8, 4) is 0 Å². The zero-order chi connectivity index (χ0) is 9.47. The first-order valence-electron chi connectivity index (χ1n) is 4.67. The predicted molar refractivity (Wildman–Crippen MR) is 44.3 cm³/mol. The van der Waals surface area contributed by atoms with Crippen molar-refractivity contribution in [3.63, 3.8) is 0 Å². The molecule has 0 aromatic carbocycles. The van der Waals surface area contributed by atoms with Crippen LogP contribution in [0.1, 0.15) is 20.3 Å². The third kappa shape index (κ3) is 1.25. The number of epoxide rings is 1. The fourth-order valence-corrected chi connectivity index (χ4v) is 1.89. The van der Waals surface area contributed by atoms with E-state index in [0.717, 1.165) is 6.42 Å². The minimum atomic E-state index is -0.384. The molecule has 0 radical (unpaired) electrons. The molecule has 3 unspecified atom stereocenters. The molecule has 0 saturated carbocycles. The lowest BCUT2D eigenvalue weighted by molar-refractivity contribution is -0.144. The molecule has 0 amide bonds. The van der Waals surface area contributed by atoms with Gasteiger partial charge in [-0.15, -0.1) is 0 Å². The zero-order valence-electron chi connectivity index (χ0n) is 7.91. The van der Waals surface area contributed by atoms with Crippen molar-refractivity contribution in [2.75, 3.05) is 13.2 Å². The van der Waals surface area contributed by atoms with Gasteiger partial charge in [-0.2, -0.15) is 0 Å². The molecule has 3 atom stereocenters. The quantitative estimate of drug-likeness (QED) is 0.465. The molecule has 2 saturated heterocycles. The number of hydrogen-bond donors (Lipinski definition) is 0. The van der Waals surface area contributed by atoms with Gasteiger partial charge in [0.15, 0.2) is 6.10 Å². The summed E-state index contributed by atoms with van der Waals surface area (Å²) in [6.45, 7) is 4.81. The van der Waals surface area contributed by atoms with Crippen LogP contribution in [0.2, 0.25) is 0 Å². The van der Waals surface area contributed by atoms with Crippen LogP contribution in [-0.2, 0) is 19.0 Å². The van der Waals surface area contributed by atoms with Gasteiger partial charge in [0.25, 0.3) is 0 Å². The molecule has 2 heterocycles. The van der Waals surface area contributed by atoms with E-state index in [-0.39, 0.29) is 23.8 Å². The first-order chi connectivity index (χ1) is 6.20. The second-order valence-electron chi connectivity index (χ2n) is 3.47. The summed E-state index contributed by atoms with van der Waals surface area (Å²) in [6.07, 6.45) is 0.435. The average molecular weight is 186 g/mol. The lowest BCUT2D eigenvalue weighted by atomic mass is 9.98. The van der Waals surface area contributed by atoms with E-state index < -0.39 is 0 Å². The maximum Gasteiger partial charge on any atom is 0.338 e. The average Bonchev–Trinajstić information content (AvgIpc) is 2.70. The molecule has 0 N–H and O–H groups in total. The van der Waals surface area contributed by atoms with E-state index in [2.05, 4.69) is 0 Å². The smallest absolute Gasteiger partial charge is 0.338 e. The highest BCUT2D eigenvalue weighted by Crippen LogP contribution is 2.48. The normalized spacial score (nSPS) is 42.3. The minimum Gasteiger partial charge on any atom is -0.464 e. The molecule has 74 valence electrons. The van der Waals surface area contributed by atoms with Gasteiger partial charge in [0.05, 0.1) is 19.3 Å². The van der Waals surface area contributed by atoms with Gasteiger partial charge in [-0.05, 0) is 13.8 Å². The highest BCUT2D eigenvalue weighted by molar-refractivity contribution is 5.79. The third-order valence-electron chi connectivity index (χ3n) is 2.77. The number of ether oxygens (including phenoxy) is 3. The van der Waals surface area contributed by atoms with Gasteiger partial charge in [0.1, 0.15) is 5.60 Å². The second kappa shape index (κ2) is 2.96. The summed E-state index contributed by atoms with van der Waals surface area (Å²) in [5, 5.41) is 0. The third-order valence-corrected chi connectivity index (χ3v) is 2.77. The molecule has 2 fully saturated rings. The zero-order valence-corrected chi connectivity index (χ0v) is 7.91. The van der Waals surface area contributed by atoms with Crippen LogP contribution in [0.5, 0.6) is 0 Å². The van der Waals surface area contributed by atoms with Crippen molar-refractivity contribution in [1.82, 2.24) is 0 Å². The predicted octanol–water partition coefficient (Wildman–Crippen LogP) is 0.496. The Morgan fingerprint density at radius 1 is 1.69 bits per heavy atom. The highest BCUT2D eigenvalue weighted by Gasteiger charge is 2.67. The Morgan fingerprint density at radius 2 is 2.46 bits per heavy atom. The Hall–Kier alpha value is -0.610. The summed E-state index contributed by atoms with van der Waals surface area (Å²) in [4.78, 5) is 11.3. The van der Waals surface area contributed by atoms with Crippen molar-refractivity contribution in [3.05, 3.63) is 0 Å². The highest BCUT2D eigenvalue weighted by atomic mass is 16.7. The van der Waals surface area contributed by atoms with Gasteiger partial charge in [-0.25, -0.2) is 4.79 Å². The summed E-state index contributed by atoms with van der Waals surface area (Å²) < 4.78 is 15.6. The number of hydrogen-bond acceptors (Lipinski definition) is 4. The Bertz CT molecular complexity index is 228. The topological polar surface area (TPSA) is 48.1 Å². The number of carbonyl (C=O) groups is 1. The van der Waals surface area contributed by atoms with E-state index in [0.29, 0.717) is 13.2 Å². The number of rotatable bonds is 2. The van der Waals surface area contributed by atoms with E-state index >= 15 is 0 Å². The van der Waals surface area contributed by atoms with Crippen LogP contribution in [0.3, 0.4) is 0 Å². The van der Waals surface area contributed by atoms with Crippen molar-refractivity contribution in [2.24, 2.45) is 0 Å².